The van der Waals surface area contributed by atoms with Gasteiger partial charge in [0.05, 0.1) is 5.38 Å². The molecular formula is C15H21Cl. The van der Waals surface area contributed by atoms with Crippen molar-refractivity contribution in [1.29, 1.82) is 0 Å². The minimum atomic E-state index is 0.211. The molecule has 1 atom stereocenters. The summed E-state index contributed by atoms with van der Waals surface area (Å²) < 4.78 is 0. The number of benzene rings is 1. The van der Waals surface area contributed by atoms with Crippen molar-refractivity contribution in [2.24, 2.45) is 5.92 Å². The van der Waals surface area contributed by atoms with Gasteiger partial charge in [-0.3, -0.25) is 0 Å². The smallest absolute Gasteiger partial charge is 0.0588 e. The molecule has 88 valence electrons. The third kappa shape index (κ3) is 2.79. The highest BCUT2D eigenvalue weighted by Gasteiger charge is 2.19. The first-order valence-corrected chi connectivity index (χ1v) is 6.81. The molecule has 0 bridgehead atoms. The van der Waals surface area contributed by atoms with E-state index >= 15 is 0 Å². The molecule has 1 aliphatic carbocycles. The van der Waals surface area contributed by atoms with Gasteiger partial charge in [0.2, 0.25) is 0 Å². The molecule has 0 N–H and O–H groups in total. The maximum absolute atomic E-state index is 6.51. The second-order valence-corrected chi connectivity index (χ2v) is 5.72. The van der Waals surface area contributed by atoms with Gasteiger partial charge in [0.1, 0.15) is 0 Å². The Morgan fingerprint density at radius 3 is 2.50 bits per heavy atom. The van der Waals surface area contributed by atoms with Crippen molar-refractivity contribution in [3.8, 4) is 0 Å². The topological polar surface area (TPSA) is 0 Å². The van der Waals surface area contributed by atoms with Crippen molar-refractivity contribution in [1.82, 2.24) is 0 Å². The first-order valence-electron chi connectivity index (χ1n) is 6.38. The lowest BCUT2D eigenvalue weighted by Crippen LogP contribution is -2.00. The third-order valence-electron chi connectivity index (χ3n) is 3.91. The van der Waals surface area contributed by atoms with Crippen LogP contribution in [-0.2, 0) is 0 Å². The van der Waals surface area contributed by atoms with Crippen molar-refractivity contribution in [3.05, 3.63) is 34.9 Å². The molecule has 1 unspecified atom stereocenters. The van der Waals surface area contributed by atoms with Gasteiger partial charge in [0, 0.05) is 0 Å². The Morgan fingerprint density at radius 2 is 1.88 bits per heavy atom. The second kappa shape index (κ2) is 5.23. The van der Waals surface area contributed by atoms with Gasteiger partial charge in [-0.2, -0.15) is 0 Å². The largest absolute Gasteiger partial charge is 0.118 e. The molecule has 16 heavy (non-hydrogen) atoms. The number of aryl methyl sites for hydroxylation is 2. The summed E-state index contributed by atoms with van der Waals surface area (Å²) >= 11 is 6.51. The first-order chi connectivity index (χ1) is 7.66. The summed E-state index contributed by atoms with van der Waals surface area (Å²) in [6, 6.07) is 6.63. The van der Waals surface area contributed by atoms with E-state index in [0.29, 0.717) is 0 Å². The fourth-order valence-corrected chi connectivity index (χ4v) is 3.02. The minimum Gasteiger partial charge on any atom is -0.118 e. The maximum Gasteiger partial charge on any atom is 0.0588 e. The Bertz CT molecular complexity index is 350. The number of alkyl halides is 1. The second-order valence-electron chi connectivity index (χ2n) is 5.20. The number of hydrogen-bond donors (Lipinski definition) is 0. The SMILES string of the molecule is Cc1ccc(C(Cl)CC2CCCC2)cc1C. The maximum atomic E-state index is 6.51. The molecule has 1 saturated carbocycles. The van der Waals surface area contributed by atoms with Crippen molar-refractivity contribution < 1.29 is 0 Å². The molecule has 0 aliphatic heterocycles. The number of hydrogen-bond acceptors (Lipinski definition) is 0. The molecular weight excluding hydrogens is 216 g/mol. The van der Waals surface area contributed by atoms with E-state index in [2.05, 4.69) is 32.0 Å². The lowest BCUT2D eigenvalue weighted by molar-refractivity contribution is 0.495. The Morgan fingerprint density at radius 1 is 1.19 bits per heavy atom. The average molecular weight is 237 g/mol. The highest BCUT2D eigenvalue weighted by Crippen LogP contribution is 2.36. The van der Waals surface area contributed by atoms with E-state index in [0.717, 1.165) is 12.3 Å². The van der Waals surface area contributed by atoms with Crippen LogP contribution >= 0.6 is 11.6 Å². The Hall–Kier alpha value is -0.490. The molecule has 0 aromatic heterocycles. The van der Waals surface area contributed by atoms with Gasteiger partial charge < -0.3 is 0 Å². The highest BCUT2D eigenvalue weighted by atomic mass is 35.5. The van der Waals surface area contributed by atoms with E-state index < -0.39 is 0 Å². The van der Waals surface area contributed by atoms with Crippen LogP contribution in [0.15, 0.2) is 18.2 Å². The van der Waals surface area contributed by atoms with Crippen LogP contribution in [0.1, 0.15) is 54.2 Å². The van der Waals surface area contributed by atoms with Crippen LogP contribution in [0.25, 0.3) is 0 Å². The van der Waals surface area contributed by atoms with Crippen LogP contribution < -0.4 is 0 Å². The normalized spacial score (nSPS) is 18.9. The van der Waals surface area contributed by atoms with Gasteiger partial charge in [-0.1, -0.05) is 43.9 Å². The lowest BCUT2D eigenvalue weighted by atomic mass is 9.96. The predicted octanol–water partition coefficient (Wildman–Crippen LogP) is 5.16. The average Bonchev–Trinajstić information content (AvgIpc) is 2.74. The van der Waals surface area contributed by atoms with Crippen molar-refractivity contribution in [2.75, 3.05) is 0 Å². The molecule has 0 saturated heterocycles. The van der Waals surface area contributed by atoms with E-state index in [1.54, 1.807) is 0 Å². The zero-order valence-corrected chi connectivity index (χ0v) is 11.1. The summed E-state index contributed by atoms with van der Waals surface area (Å²) in [5.74, 6) is 0.865. The molecule has 0 spiro atoms. The molecule has 1 aromatic carbocycles. The van der Waals surface area contributed by atoms with Crippen LogP contribution in [-0.4, -0.2) is 0 Å². The standard InChI is InChI=1S/C15H21Cl/c1-11-7-8-14(9-12(11)2)15(16)10-13-5-3-4-6-13/h7-9,13,15H,3-6,10H2,1-2H3. The monoisotopic (exact) mass is 236 g/mol. The van der Waals surface area contributed by atoms with Gasteiger partial charge in [-0.25, -0.2) is 0 Å². The van der Waals surface area contributed by atoms with Gasteiger partial charge >= 0.3 is 0 Å². The molecule has 1 aliphatic rings. The molecule has 0 amide bonds. The zero-order valence-electron chi connectivity index (χ0n) is 10.3. The van der Waals surface area contributed by atoms with Gasteiger partial charge in [-0.15, -0.1) is 11.6 Å². The van der Waals surface area contributed by atoms with Gasteiger partial charge in [0.25, 0.3) is 0 Å². The van der Waals surface area contributed by atoms with E-state index in [1.165, 1.54) is 42.4 Å². The molecule has 2 rings (SSSR count). The number of halogens is 1. The fourth-order valence-electron chi connectivity index (χ4n) is 2.63. The lowest BCUT2D eigenvalue weighted by Gasteiger charge is -2.15. The third-order valence-corrected chi connectivity index (χ3v) is 4.34. The number of rotatable bonds is 3. The first kappa shape index (κ1) is 12.0. The van der Waals surface area contributed by atoms with E-state index in [-0.39, 0.29) is 5.38 Å². The Kier molecular flexibility index (Phi) is 3.91. The van der Waals surface area contributed by atoms with Crippen LogP contribution in [0.5, 0.6) is 0 Å². The fraction of sp³-hybridized carbons (Fsp3) is 0.600. The summed E-state index contributed by atoms with van der Waals surface area (Å²) in [6.07, 6.45) is 6.73. The van der Waals surface area contributed by atoms with E-state index in [1.807, 2.05) is 0 Å². The van der Waals surface area contributed by atoms with Crippen molar-refractivity contribution in [3.63, 3.8) is 0 Å². The molecule has 1 fully saturated rings. The summed E-state index contributed by atoms with van der Waals surface area (Å²) in [4.78, 5) is 0. The van der Waals surface area contributed by atoms with E-state index in [4.69, 9.17) is 11.6 Å². The molecule has 0 heterocycles. The highest BCUT2D eigenvalue weighted by molar-refractivity contribution is 6.20. The summed E-state index contributed by atoms with van der Waals surface area (Å²) in [5, 5.41) is 0.211. The zero-order chi connectivity index (χ0) is 11.5. The Labute approximate surface area is 104 Å². The summed E-state index contributed by atoms with van der Waals surface area (Å²) in [6.45, 7) is 4.32. The molecule has 0 nitrogen and oxygen atoms in total. The van der Waals surface area contributed by atoms with Crippen LogP contribution in [0.2, 0.25) is 0 Å². The van der Waals surface area contributed by atoms with Crippen LogP contribution in [0.4, 0.5) is 0 Å². The summed E-state index contributed by atoms with van der Waals surface area (Å²) in [5.41, 5.74) is 4.01. The quantitative estimate of drug-likeness (QED) is 0.636. The van der Waals surface area contributed by atoms with Gasteiger partial charge in [-0.05, 0) is 42.9 Å². The molecule has 1 heteroatoms. The molecule has 0 radical (unpaired) electrons. The predicted molar refractivity (Wildman–Crippen MR) is 71.1 cm³/mol. The van der Waals surface area contributed by atoms with Gasteiger partial charge in [0.15, 0.2) is 0 Å². The minimum absolute atomic E-state index is 0.211. The Balaban J connectivity index is 2.02. The van der Waals surface area contributed by atoms with Crippen molar-refractivity contribution in [2.45, 2.75) is 51.3 Å². The van der Waals surface area contributed by atoms with Crippen molar-refractivity contribution >= 4 is 11.6 Å². The summed E-state index contributed by atoms with van der Waals surface area (Å²) in [7, 11) is 0. The van der Waals surface area contributed by atoms with E-state index in [9.17, 15) is 0 Å². The van der Waals surface area contributed by atoms with Crippen LogP contribution in [0, 0.1) is 19.8 Å². The molecule has 1 aromatic rings. The van der Waals surface area contributed by atoms with Crippen LogP contribution in [0.3, 0.4) is 0 Å².